The third kappa shape index (κ3) is 8.21. The van der Waals surface area contributed by atoms with Crippen LogP contribution in [-0.2, 0) is 14.3 Å². The largest absolute Gasteiger partial charge is 0.463 e. The zero-order valence-corrected chi connectivity index (χ0v) is 11.6. The Kier molecular flexibility index (Phi) is 8.47. The van der Waals surface area contributed by atoms with Crippen molar-refractivity contribution in [3.05, 3.63) is 30.3 Å². The van der Waals surface area contributed by atoms with Crippen LogP contribution in [0, 0.1) is 0 Å². The van der Waals surface area contributed by atoms with E-state index in [9.17, 15) is 4.79 Å². The van der Waals surface area contributed by atoms with Gasteiger partial charge >= 0.3 is 5.97 Å². The number of anilines is 1. The molecule has 106 valence electrons. The molecule has 0 atom stereocenters. The van der Waals surface area contributed by atoms with Crippen LogP contribution in [0.1, 0.15) is 26.2 Å². The number of hydrogen-bond acceptors (Lipinski definition) is 4. The van der Waals surface area contributed by atoms with Gasteiger partial charge in [-0.25, -0.2) is 0 Å². The van der Waals surface area contributed by atoms with Crippen molar-refractivity contribution in [3.8, 4) is 0 Å². The summed E-state index contributed by atoms with van der Waals surface area (Å²) in [6.07, 6.45) is 2.19. The average Bonchev–Trinajstić information content (AvgIpc) is 2.44. The molecule has 0 aliphatic carbocycles. The lowest BCUT2D eigenvalue weighted by atomic mass is 10.3. The highest BCUT2D eigenvalue weighted by atomic mass is 16.6. The molecule has 1 N–H and O–H groups in total. The molecule has 1 aromatic carbocycles. The Morgan fingerprint density at radius 1 is 1.16 bits per heavy atom. The summed E-state index contributed by atoms with van der Waals surface area (Å²) < 4.78 is 10.3. The van der Waals surface area contributed by atoms with Crippen LogP contribution in [0.2, 0.25) is 0 Å². The van der Waals surface area contributed by atoms with E-state index < -0.39 is 0 Å². The fraction of sp³-hybridized carbons (Fsp3) is 0.533. The van der Waals surface area contributed by atoms with Crippen molar-refractivity contribution >= 4 is 11.7 Å². The third-order valence-corrected chi connectivity index (χ3v) is 2.50. The van der Waals surface area contributed by atoms with E-state index in [-0.39, 0.29) is 5.97 Å². The van der Waals surface area contributed by atoms with Crippen molar-refractivity contribution in [1.29, 1.82) is 0 Å². The quantitative estimate of drug-likeness (QED) is 0.522. The lowest BCUT2D eigenvalue weighted by molar-refractivity contribution is -0.145. The second kappa shape index (κ2) is 10.4. The summed E-state index contributed by atoms with van der Waals surface area (Å²) in [7, 11) is 0. The minimum atomic E-state index is -0.157. The van der Waals surface area contributed by atoms with Crippen LogP contribution in [0.3, 0.4) is 0 Å². The smallest absolute Gasteiger partial charge is 0.305 e. The number of benzene rings is 1. The molecule has 0 aliphatic rings. The molecule has 4 nitrogen and oxygen atoms in total. The van der Waals surface area contributed by atoms with E-state index in [2.05, 4.69) is 5.32 Å². The number of esters is 1. The predicted molar refractivity (Wildman–Crippen MR) is 76.2 cm³/mol. The van der Waals surface area contributed by atoms with Crippen LogP contribution in [0.5, 0.6) is 0 Å². The summed E-state index contributed by atoms with van der Waals surface area (Å²) in [6.45, 7) is 4.38. The Morgan fingerprint density at radius 2 is 1.95 bits per heavy atom. The Labute approximate surface area is 115 Å². The SMILES string of the molecule is CCCOCCOC(=O)CCCNc1ccccc1. The number of carbonyl (C=O) groups is 1. The van der Waals surface area contributed by atoms with Crippen molar-refractivity contribution in [2.45, 2.75) is 26.2 Å². The zero-order chi connectivity index (χ0) is 13.8. The number of nitrogens with one attached hydrogen (secondary N) is 1. The van der Waals surface area contributed by atoms with Crippen LogP contribution in [0.4, 0.5) is 5.69 Å². The highest BCUT2D eigenvalue weighted by Gasteiger charge is 2.02. The maximum absolute atomic E-state index is 11.4. The van der Waals surface area contributed by atoms with Gasteiger partial charge < -0.3 is 14.8 Å². The first-order valence-corrected chi connectivity index (χ1v) is 6.85. The number of rotatable bonds is 10. The molecule has 0 aliphatic heterocycles. The van der Waals surface area contributed by atoms with Crippen LogP contribution in [-0.4, -0.2) is 32.3 Å². The molecule has 4 heteroatoms. The molecule has 0 radical (unpaired) electrons. The second-order valence-corrected chi connectivity index (χ2v) is 4.23. The summed E-state index contributed by atoms with van der Waals surface area (Å²) in [4.78, 5) is 11.4. The molecule has 0 amide bonds. The third-order valence-electron chi connectivity index (χ3n) is 2.50. The molecule has 0 fully saturated rings. The number of para-hydroxylation sites is 1. The van der Waals surface area contributed by atoms with Gasteiger partial charge in [0, 0.05) is 25.3 Å². The van der Waals surface area contributed by atoms with Crippen LogP contribution in [0.15, 0.2) is 30.3 Å². The van der Waals surface area contributed by atoms with Gasteiger partial charge in [0.2, 0.25) is 0 Å². The first-order valence-electron chi connectivity index (χ1n) is 6.85. The summed E-state index contributed by atoms with van der Waals surface area (Å²) in [5.74, 6) is -0.157. The minimum absolute atomic E-state index is 0.157. The summed E-state index contributed by atoms with van der Waals surface area (Å²) in [5, 5.41) is 3.25. The Morgan fingerprint density at radius 3 is 2.68 bits per heavy atom. The highest BCUT2D eigenvalue weighted by molar-refractivity contribution is 5.69. The normalized spacial score (nSPS) is 10.2. The van der Waals surface area contributed by atoms with Gasteiger partial charge in [-0.3, -0.25) is 4.79 Å². The van der Waals surface area contributed by atoms with Crippen molar-refractivity contribution in [2.24, 2.45) is 0 Å². The number of hydrogen-bond donors (Lipinski definition) is 1. The van der Waals surface area contributed by atoms with E-state index in [0.717, 1.165) is 31.7 Å². The molecule has 0 heterocycles. The second-order valence-electron chi connectivity index (χ2n) is 4.23. The van der Waals surface area contributed by atoms with Crippen molar-refractivity contribution in [1.82, 2.24) is 0 Å². The average molecular weight is 265 g/mol. The van der Waals surface area contributed by atoms with E-state index in [1.807, 2.05) is 37.3 Å². The molecule has 0 unspecified atom stereocenters. The molecule has 0 saturated heterocycles. The Hall–Kier alpha value is -1.55. The monoisotopic (exact) mass is 265 g/mol. The standard InChI is InChI=1S/C15H23NO3/c1-2-11-18-12-13-19-15(17)9-6-10-16-14-7-4-3-5-8-14/h3-5,7-8,16H,2,6,9-13H2,1H3. The number of carbonyl (C=O) groups excluding carboxylic acids is 1. The molecule has 19 heavy (non-hydrogen) atoms. The molecule has 0 bridgehead atoms. The maximum Gasteiger partial charge on any atom is 0.305 e. The van der Waals surface area contributed by atoms with Gasteiger partial charge in [0.05, 0.1) is 6.61 Å². The van der Waals surface area contributed by atoms with E-state index in [4.69, 9.17) is 9.47 Å². The fourth-order valence-electron chi connectivity index (χ4n) is 1.55. The zero-order valence-electron chi connectivity index (χ0n) is 11.6. The van der Waals surface area contributed by atoms with Crippen LogP contribution < -0.4 is 5.32 Å². The first-order chi connectivity index (χ1) is 9.33. The summed E-state index contributed by atoms with van der Waals surface area (Å²) in [5.41, 5.74) is 1.07. The van der Waals surface area contributed by atoms with E-state index in [1.165, 1.54) is 0 Å². The van der Waals surface area contributed by atoms with Gasteiger partial charge in [-0.15, -0.1) is 0 Å². The lowest BCUT2D eigenvalue weighted by Gasteiger charge is -2.07. The number of ether oxygens (including phenoxy) is 2. The molecule has 0 spiro atoms. The Bertz CT molecular complexity index is 341. The molecular formula is C15H23NO3. The minimum Gasteiger partial charge on any atom is -0.463 e. The van der Waals surface area contributed by atoms with Crippen LogP contribution >= 0.6 is 0 Å². The predicted octanol–water partition coefficient (Wildman–Crippen LogP) is 2.85. The highest BCUT2D eigenvalue weighted by Crippen LogP contribution is 2.05. The summed E-state index contributed by atoms with van der Waals surface area (Å²) in [6, 6.07) is 9.94. The lowest BCUT2D eigenvalue weighted by Crippen LogP contribution is -2.12. The maximum atomic E-state index is 11.4. The summed E-state index contributed by atoms with van der Waals surface area (Å²) >= 11 is 0. The molecule has 0 saturated carbocycles. The van der Waals surface area contributed by atoms with Gasteiger partial charge in [0.1, 0.15) is 6.61 Å². The molecule has 1 rings (SSSR count). The van der Waals surface area contributed by atoms with E-state index >= 15 is 0 Å². The Balaban J connectivity index is 1.95. The molecule has 1 aromatic rings. The molecule has 0 aromatic heterocycles. The van der Waals surface area contributed by atoms with Crippen molar-refractivity contribution in [3.63, 3.8) is 0 Å². The van der Waals surface area contributed by atoms with Crippen molar-refractivity contribution in [2.75, 3.05) is 31.7 Å². The topological polar surface area (TPSA) is 47.6 Å². The molecular weight excluding hydrogens is 242 g/mol. The van der Waals surface area contributed by atoms with Gasteiger partial charge in [-0.1, -0.05) is 25.1 Å². The van der Waals surface area contributed by atoms with Gasteiger partial charge in [-0.05, 0) is 25.0 Å². The van der Waals surface area contributed by atoms with Crippen LogP contribution in [0.25, 0.3) is 0 Å². The van der Waals surface area contributed by atoms with E-state index in [1.54, 1.807) is 0 Å². The van der Waals surface area contributed by atoms with E-state index in [0.29, 0.717) is 19.6 Å². The van der Waals surface area contributed by atoms with Gasteiger partial charge in [-0.2, -0.15) is 0 Å². The fourth-order valence-corrected chi connectivity index (χ4v) is 1.55. The van der Waals surface area contributed by atoms with Gasteiger partial charge in [0.15, 0.2) is 0 Å². The first kappa shape index (κ1) is 15.5. The van der Waals surface area contributed by atoms with Crippen molar-refractivity contribution < 1.29 is 14.3 Å². The van der Waals surface area contributed by atoms with Gasteiger partial charge in [0.25, 0.3) is 0 Å².